The van der Waals surface area contributed by atoms with Gasteiger partial charge in [-0.05, 0) is 61.1 Å². The Balaban J connectivity index is 1.82. The molecule has 2 rings (SSSR count). The molecule has 0 fully saturated rings. The van der Waals surface area contributed by atoms with Gasteiger partial charge in [0.2, 0.25) is 0 Å². The normalized spacial score (nSPS) is 11.7. The van der Waals surface area contributed by atoms with Crippen molar-refractivity contribution < 1.29 is 4.74 Å². The first-order valence-electron chi connectivity index (χ1n) is 8.13. The smallest absolute Gasteiger partial charge is 0.0655 e. The molecule has 0 saturated heterocycles. The average molecular weight is 306 g/mol. The molecule has 0 unspecified atom stereocenters. The Morgan fingerprint density at radius 1 is 0.652 bits per heavy atom. The van der Waals surface area contributed by atoms with Crippen LogP contribution in [0.2, 0.25) is 0 Å². The molecule has 2 aromatic rings. The minimum atomic E-state index is 0.630. The van der Waals surface area contributed by atoms with E-state index >= 15 is 0 Å². The van der Waals surface area contributed by atoms with Gasteiger partial charge in [0.25, 0.3) is 0 Å². The highest BCUT2D eigenvalue weighted by atomic mass is 16.5. The molecule has 120 valence electrons. The van der Waals surface area contributed by atoms with Gasteiger partial charge in [0.15, 0.2) is 0 Å². The third-order valence-electron chi connectivity index (χ3n) is 4.08. The molecular weight excluding hydrogens is 280 g/mol. The van der Waals surface area contributed by atoms with Crippen LogP contribution in [0.3, 0.4) is 0 Å². The van der Waals surface area contributed by atoms with Gasteiger partial charge in [-0.3, -0.25) is 0 Å². The fourth-order valence-corrected chi connectivity index (χ4v) is 2.72. The van der Waals surface area contributed by atoms with Crippen molar-refractivity contribution >= 4 is 12.2 Å². The molecule has 0 bridgehead atoms. The summed E-state index contributed by atoms with van der Waals surface area (Å²) in [6.07, 6.45) is 8.48. The van der Waals surface area contributed by atoms with Gasteiger partial charge in [-0.15, -0.1) is 0 Å². The van der Waals surface area contributed by atoms with Gasteiger partial charge < -0.3 is 4.74 Å². The summed E-state index contributed by atoms with van der Waals surface area (Å²) in [6, 6.07) is 12.7. The van der Waals surface area contributed by atoms with Crippen molar-refractivity contribution in [1.29, 1.82) is 0 Å². The first-order chi connectivity index (χ1) is 11.1. The molecule has 23 heavy (non-hydrogen) atoms. The fraction of sp³-hybridized carbons (Fsp3) is 0.273. The Morgan fingerprint density at radius 3 is 1.35 bits per heavy atom. The number of rotatable bonds is 6. The van der Waals surface area contributed by atoms with Crippen LogP contribution in [0, 0.1) is 27.7 Å². The third kappa shape index (κ3) is 4.94. The highest BCUT2D eigenvalue weighted by molar-refractivity contribution is 5.58. The van der Waals surface area contributed by atoms with Crippen molar-refractivity contribution in [3.05, 3.63) is 81.9 Å². The Morgan fingerprint density at radius 2 is 1.00 bits per heavy atom. The van der Waals surface area contributed by atoms with Crippen molar-refractivity contribution in [3.8, 4) is 0 Å². The van der Waals surface area contributed by atoms with Gasteiger partial charge in [-0.25, -0.2) is 0 Å². The summed E-state index contributed by atoms with van der Waals surface area (Å²) < 4.78 is 5.66. The van der Waals surface area contributed by atoms with E-state index in [0.717, 1.165) is 0 Å². The molecule has 1 heteroatoms. The van der Waals surface area contributed by atoms with Crippen LogP contribution in [0.1, 0.15) is 33.4 Å². The summed E-state index contributed by atoms with van der Waals surface area (Å²) in [5.74, 6) is 0. The van der Waals surface area contributed by atoms with Crippen LogP contribution >= 0.6 is 0 Å². The van der Waals surface area contributed by atoms with Crippen LogP contribution in [0.5, 0.6) is 0 Å². The zero-order valence-electron chi connectivity index (χ0n) is 14.6. The molecule has 0 amide bonds. The highest BCUT2D eigenvalue weighted by Gasteiger charge is 1.97. The number of hydrogen-bond donors (Lipinski definition) is 0. The maximum Gasteiger partial charge on any atom is 0.0655 e. The van der Waals surface area contributed by atoms with Gasteiger partial charge in [-0.1, -0.05) is 60.7 Å². The van der Waals surface area contributed by atoms with E-state index in [4.69, 9.17) is 4.74 Å². The molecule has 0 radical (unpaired) electrons. The number of benzene rings is 2. The molecule has 0 spiro atoms. The zero-order valence-corrected chi connectivity index (χ0v) is 14.6. The van der Waals surface area contributed by atoms with E-state index in [9.17, 15) is 0 Å². The highest BCUT2D eigenvalue weighted by Crippen LogP contribution is 2.15. The Hall–Kier alpha value is -2.12. The summed E-state index contributed by atoms with van der Waals surface area (Å²) >= 11 is 0. The Labute approximate surface area is 140 Å². The van der Waals surface area contributed by atoms with Gasteiger partial charge >= 0.3 is 0 Å². The van der Waals surface area contributed by atoms with Crippen LogP contribution in [-0.4, -0.2) is 13.2 Å². The lowest BCUT2D eigenvalue weighted by Crippen LogP contribution is -1.92. The number of aryl methyl sites for hydroxylation is 4. The van der Waals surface area contributed by atoms with E-state index < -0.39 is 0 Å². The van der Waals surface area contributed by atoms with E-state index in [1.807, 2.05) is 0 Å². The van der Waals surface area contributed by atoms with Crippen molar-refractivity contribution in [3.63, 3.8) is 0 Å². The summed E-state index contributed by atoms with van der Waals surface area (Å²) in [7, 11) is 0. The van der Waals surface area contributed by atoms with Gasteiger partial charge in [0, 0.05) is 0 Å². The Bertz CT molecular complexity index is 606. The van der Waals surface area contributed by atoms with Crippen molar-refractivity contribution in [2.45, 2.75) is 27.7 Å². The quantitative estimate of drug-likeness (QED) is 0.625. The van der Waals surface area contributed by atoms with Gasteiger partial charge in [0.05, 0.1) is 13.2 Å². The summed E-state index contributed by atoms with van der Waals surface area (Å²) in [5.41, 5.74) is 7.80. The molecule has 0 aliphatic heterocycles. The molecule has 0 N–H and O–H groups in total. The second-order valence-electron chi connectivity index (χ2n) is 5.95. The second kappa shape index (κ2) is 8.50. The van der Waals surface area contributed by atoms with Crippen LogP contribution in [-0.2, 0) is 4.74 Å². The van der Waals surface area contributed by atoms with Crippen molar-refractivity contribution in [2.75, 3.05) is 13.2 Å². The molecule has 0 aliphatic rings. The first kappa shape index (κ1) is 17.2. The fourth-order valence-electron chi connectivity index (χ4n) is 2.72. The monoisotopic (exact) mass is 306 g/mol. The predicted octanol–water partition coefficient (Wildman–Crippen LogP) is 5.66. The van der Waals surface area contributed by atoms with Gasteiger partial charge in [-0.2, -0.15) is 0 Å². The van der Waals surface area contributed by atoms with E-state index in [2.05, 4.69) is 88.4 Å². The Kier molecular flexibility index (Phi) is 6.37. The largest absolute Gasteiger partial charge is 0.373 e. The number of ether oxygens (including phenoxy) is 1. The minimum Gasteiger partial charge on any atom is -0.373 e. The average Bonchev–Trinajstić information content (AvgIpc) is 2.51. The molecule has 2 aromatic carbocycles. The van der Waals surface area contributed by atoms with Crippen LogP contribution in [0.15, 0.2) is 48.6 Å². The molecule has 0 saturated carbocycles. The first-order valence-corrected chi connectivity index (χ1v) is 8.13. The van der Waals surface area contributed by atoms with Crippen molar-refractivity contribution in [1.82, 2.24) is 0 Å². The molecule has 1 nitrogen and oxygen atoms in total. The van der Waals surface area contributed by atoms with Crippen LogP contribution in [0.4, 0.5) is 0 Å². The molecule has 0 aliphatic carbocycles. The maximum absolute atomic E-state index is 5.66. The predicted molar refractivity (Wildman–Crippen MR) is 101 cm³/mol. The summed E-state index contributed by atoms with van der Waals surface area (Å²) in [4.78, 5) is 0. The lowest BCUT2D eigenvalue weighted by Gasteiger charge is -2.05. The molecule has 0 heterocycles. The summed E-state index contributed by atoms with van der Waals surface area (Å²) in [6.45, 7) is 9.82. The summed E-state index contributed by atoms with van der Waals surface area (Å²) in [5, 5.41) is 0. The SMILES string of the molecule is Cc1cccc(C)c1C=CCOCC=Cc1c(C)cccc1C. The second-order valence-corrected chi connectivity index (χ2v) is 5.95. The molecular formula is C22H26O. The topological polar surface area (TPSA) is 9.23 Å². The van der Waals surface area contributed by atoms with Crippen LogP contribution in [0.25, 0.3) is 12.2 Å². The van der Waals surface area contributed by atoms with E-state index in [0.29, 0.717) is 13.2 Å². The minimum absolute atomic E-state index is 0.630. The lowest BCUT2D eigenvalue weighted by molar-refractivity contribution is 0.195. The molecule has 0 atom stereocenters. The van der Waals surface area contributed by atoms with E-state index in [-0.39, 0.29) is 0 Å². The zero-order chi connectivity index (χ0) is 16.7. The maximum atomic E-state index is 5.66. The van der Waals surface area contributed by atoms with Gasteiger partial charge in [0.1, 0.15) is 0 Å². The molecule has 0 aromatic heterocycles. The van der Waals surface area contributed by atoms with E-state index in [1.165, 1.54) is 33.4 Å². The van der Waals surface area contributed by atoms with Crippen molar-refractivity contribution in [2.24, 2.45) is 0 Å². The third-order valence-corrected chi connectivity index (χ3v) is 4.08. The van der Waals surface area contributed by atoms with Crippen LogP contribution < -0.4 is 0 Å². The number of hydrogen-bond acceptors (Lipinski definition) is 1. The lowest BCUT2D eigenvalue weighted by atomic mass is 10.0. The van der Waals surface area contributed by atoms with E-state index in [1.54, 1.807) is 0 Å². The standard InChI is InChI=1S/C22H26O/c1-17-9-5-10-18(2)21(17)13-7-15-23-16-8-14-22-19(3)11-6-12-20(22)4/h5-14H,15-16H2,1-4H3.